The zero-order valence-electron chi connectivity index (χ0n) is 16.3. The lowest BCUT2D eigenvalue weighted by Gasteiger charge is -2.23. The predicted octanol–water partition coefficient (Wildman–Crippen LogP) is 2.80. The van der Waals surface area contributed by atoms with Crippen LogP contribution in [0.15, 0.2) is 35.7 Å². The highest BCUT2D eigenvalue weighted by molar-refractivity contribution is 7.17. The first-order valence-corrected chi connectivity index (χ1v) is 10.3. The third-order valence-corrected chi connectivity index (χ3v) is 6.33. The fourth-order valence-corrected chi connectivity index (χ4v) is 4.64. The second-order valence-corrected chi connectivity index (χ2v) is 8.39. The Morgan fingerprint density at radius 3 is 2.68 bits per heavy atom. The largest absolute Gasteiger partial charge is 0.394 e. The van der Waals surface area contributed by atoms with Crippen LogP contribution in [0.5, 0.6) is 0 Å². The molecule has 1 N–H and O–H groups in total. The third-order valence-electron chi connectivity index (χ3n) is 5.41. The molecule has 1 amide bonds. The van der Waals surface area contributed by atoms with Gasteiger partial charge in [0, 0.05) is 23.7 Å². The topological polar surface area (TPSA) is 69.6 Å². The quantitative estimate of drug-likeness (QED) is 0.734. The van der Waals surface area contributed by atoms with Gasteiger partial charge in [-0.05, 0) is 51.0 Å². The van der Waals surface area contributed by atoms with E-state index in [0.717, 1.165) is 33.7 Å². The van der Waals surface area contributed by atoms with Crippen LogP contribution in [0.3, 0.4) is 0 Å². The van der Waals surface area contributed by atoms with E-state index in [1.807, 2.05) is 56.7 Å². The fraction of sp³-hybridized carbons (Fsp3) is 0.381. The number of hydrogen-bond donors (Lipinski definition) is 1. The van der Waals surface area contributed by atoms with Crippen LogP contribution >= 0.6 is 11.3 Å². The molecular formula is C21H24N4O2S. The van der Waals surface area contributed by atoms with Crippen molar-refractivity contribution in [1.29, 1.82) is 0 Å². The molecule has 6 nitrogen and oxygen atoms in total. The third kappa shape index (κ3) is 3.41. The average molecular weight is 397 g/mol. The molecule has 2 atom stereocenters. The van der Waals surface area contributed by atoms with Crippen LogP contribution < -0.4 is 0 Å². The van der Waals surface area contributed by atoms with Crippen LogP contribution in [0.2, 0.25) is 0 Å². The Labute approximate surface area is 168 Å². The van der Waals surface area contributed by atoms with Gasteiger partial charge >= 0.3 is 0 Å². The van der Waals surface area contributed by atoms with E-state index in [2.05, 4.69) is 14.9 Å². The number of carbonyl (C=O) groups excluding carboxylic acids is 1. The zero-order valence-corrected chi connectivity index (χ0v) is 17.1. The summed E-state index contributed by atoms with van der Waals surface area (Å²) in [5.74, 6) is 0.703. The minimum Gasteiger partial charge on any atom is -0.394 e. The van der Waals surface area contributed by atoms with Crippen LogP contribution in [0.1, 0.15) is 22.6 Å². The number of hydrogen-bond acceptors (Lipinski definition) is 6. The van der Waals surface area contributed by atoms with Gasteiger partial charge in [0.1, 0.15) is 5.82 Å². The maximum Gasteiger partial charge on any atom is 0.254 e. The molecule has 1 saturated heterocycles. The minimum atomic E-state index is -0.130. The Kier molecular flexibility index (Phi) is 5.14. The van der Waals surface area contributed by atoms with Crippen LogP contribution in [-0.4, -0.2) is 70.1 Å². The van der Waals surface area contributed by atoms with Crippen molar-refractivity contribution < 1.29 is 9.90 Å². The first-order chi connectivity index (χ1) is 13.5. The number of aliphatic hydroxyl groups is 1. The standard InChI is InChI=1S/C21H24N4O2S/c1-13-22-18-8-9-28-20(18)19(23-13)14-4-6-15(7-5-14)21(27)25-11-16(24(2)3)10-17(25)12-26/h4-9,16-17,26H,10-12H2,1-3H3/t16-,17-/m0/s1. The number of thiophene rings is 1. The summed E-state index contributed by atoms with van der Waals surface area (Å²) >= 11 is 1.62. The van der Waals surface area contributed by atoms with Gasteiger partial charge in [0.2, 0.25) is 0 Å². The van der Waals surface area contributed by atoms with Gasteiger partial charge in [0.25, 0.3) is 5.91 Å². The number of likely N-dealkylation sites (tertiary alicyclic amines) is 1. The Hall–Kier alpha value is -2.35. The lowest BCUT2D eigenvalue weighted by atomic mass is 10.1. The van der Waals surface area contributed by atoms with E-state index in [9.17, 15) is 9.90 Å². The van der Waals surface area contributed by atoms with E-state index in [0.29, 0.717) is 12.1 Å². The summed E-state index contributed by atoms with van der Waals surface area (Å²) in [6.07, 6.45) is 0.796. The molecule has 3 heterocycles. The summed E-state index contributed by atoms with van der Waals surface area (Å²) in [5.41, 5.74) is 3.46. The normalized spacial score (nSPS) is 19.7. The van der Waals surface area contributed by atoms with Gasteiger partial charge < -0.3 is 14.9 Å². The molecule has 146 valence electrons. The van der Waals surface area contributed by atoms with Crippen molar-refractivity contribution >= 4 is 27.5 Å². The monoisotopic (exact) mass is 396 g/mol. The number of nitrogens with zero attached hydrogens (tertiary/aromatic N) is 4. The molecule has 0 aliphatic carbocycles. The first-order valence-electron chi connectivity index (χ1n) is 9.38. The van der Waals surface area contributed by atoms with Crippen LogP contribution in [-0.2, 0) is 0 Å². The number of amides is 1. The number of aromatic nitrogens is 2. The highest BCUT2D eigenvalue weighted by Gasteiger charge is 2.36. The fourth-order valence-electron chi connectivity index (χ4n) is 3.80. The van der Waals surface area contributed by atoms with Gasteiger partial charge in [0.05, 0.1) is 28.6 Å². The molecule has 0 radical (unpaired) electrons. The first kappa shape index (κ1) is 19.0. The number of aryl methyl sites for hydroxylation is 1. The lowest BCUT2D eigenvalue weighted by molar-refractivity contribution is 0.0673. The molecule has 28 heavy (non-hydrogen) atoms. The molecule has 2 aromatic heterocycles. The van der Waals surface area contributed by atoms with Crippen molar-refractivity contribution in [3.63, 3.8) is 0 Å². The SMILES string of the molecule is Cc1nc(-c2ccc(C(=O)N3C[C@@H](N(C)C)C[C@H]3CO)cc2)c2sccc2n1. The second-order valence-electron chi connectivity index (χ2n) is 7.48. The van der Waals surface area contributed by atoms with Gasteiger partial charge in [-0.15, -0.1) is 11.3 Å². The zero-order chi connectivity index (χ0) is 19.8. The number of aliphatic hydroxyl groups excluding tert-OH is 1. The van der Waals surface area contributed by atoms with E-state index >= 15 is 0 Å². The Morgan fingerprint density at radius 2 is 2.00 bits per heavy atom. The lowest BCUT2D eigenvalue weighted by Crippen LogP contribution is -2.38. The van der Waals surface area contributed by atoms with Gasteiger partial charge in [-0.25, -0.2) is 9.97 Å². The summed E-state index contributed by atoms with van der Waals surface area (Å²) in [6, 6.07) is 9.74. The van der Waals surface area contributed by atoms with Crippen molar-refractivity contribution in [3.05, 3.63) is 47.1 Å². The Morgan fingerprint density at radius 1 is 1.25 bits per heavy atom. The second kappa shape index (κ2) is 7.58. The average Bonchev–Trinajstić information content (AvgIpc) is 3.33. The molecule has 1 aliphatic rings. The molecule has 0 spiro atoms. The van der Waals surface area contributed by atoms with Crippen LogP contribution in [0.25, 0.3) is 21.5 Å². The van der Waals surface area contributed by atoms with E-state index in [-0.39, 0.29) is 24.6 Å². The molecule has 7 heteroatoms. The minimum absolute atomic E-state index is 0.00919. The van der Waals surface area contributed by atoms with Gasteiger partial charge in [-0.3, -0.25) is 4.79 Å². The maximum absolute atomic E-state index is 13.0. The smallest absolute Gasteiger partial charge is 0.254 e. The molecule has 1 aromatic carbocycles. The van der Waals surface area contributed by atoms with Crippen molar-refractivity contribution in [3.8, 4) is 11.3 Å². The molecule has 1 aliphatic heterocycles. The number of likely N-dealkylation sites (N-methyl/N-ethyl adjacent to an activating group) is 1. The summed E-state index contributed by atoms with van der Waals surface area (Å²) < 4.78 is 1.05. The molecule has 1 fully saturated rings. The Bertz CT molecular complexity index is 999. The van der Waals surface area contributed by atoms with Gasteiger partial charge in [0.15, 0.2) is 0 Å². The Balaban J connectivity index is 1.61. The molecule has 3 aromatic rings. The molecule has 0 unspecified atom stereocenters. The summed E-state index contributed by atoms with van der Waals surface area (Å²) in [5, 5.41) is 11.7. The van der Waals surface area contributed by atoms with E-state index in [1.54, 1.807) is 16.2 Å². The van der Waals surface area contributed by atoms with E-state index < -0.39 is 0 Å². The highest BCUT2D eigenvalue weighted by Crippen LogP contribution is 2.31. The molecule has 0 saturated carbocycles. The molecule has 4 rings (SSSR count). The van der Waals surface area contributed by atoms with Gasteiger partial charge in [-0.1, -0.05) is 12.1 Å². The van der Waals surface area contributed by atoms with Crippen LogP contribution in [0.4, 0.5) is 0 Å². The van der Waals surface area contributed by atoms with Crippen molar-refractivity contribution in [2.45, 2.75) is 25.4 Å². The molecule has 0 bridgehead atoms. The summed E-state index contributed by atoms with van der Waals surface area (Å²) in [4.78, 5) is 26.0. The van der Waals surface area contributed by atoms with Crippen LogP contribution in [0, 0.1) is 6.92 Å². The van der Waals surface area contributed by atoms with Crippen molar-refractivity contribution in [1.82, 2.24) is 19.8 Å². The maximum atomic E-state index is 13.0. The number of benzene rings is 1. The van der Waals surface area contributed by atoms with E-state index in [1.165, 1.54) is 0 Å². The van der Waals surface area contributed by atoms with Crippen molar-refractivity contribution in [2.75, 3.05) is 27.2 Å². The van der Waals surface area contributed by atoms with E-state index in [4.69, 9.17) is 0 Å². The number of carbonyl (C=O) groups is 1. The number of rotatable bonds is 4. The van der Waals surface area contributed by atoms with Crippen molar-refractivity contribution in [2.24, 2.45) is 0 Å². The predicted molar refractivity (Wildman–Crippen MR) is 112 cm³/mol. The highest BCUT2D eigenvalue weighted by atomic mass is 32.1. The van der Waals surface area contributed by atoms with Gasteiger partial charge in [-0.2, -0.15) is 0 Å². The summed E-state index contributed by atoms with van der Waals surface area (Å²) in [7, 11) is 4.02. The number of fused-ring (bicyclic) bond motifs is 1. The summed E-state index contributed by atoms with van der Waals surface area (Å²) in [6.45, 7) is 2.52. The molecular weight excluding hydrogens is 372 g/mol.